The average Bonchev–Trinajstić information content (AvgIpc) is 2.63. The lowest BCUT2D eigenvalue weighted by molar-refractivity contribution is -0.130. The summed E-state index contributed by atoms with van der Waals surface area (Å²) in [6.45, 7) is 0. The molecule has 1 aliphatic carbocycles. The molecule has 2 atom stereocenters. The van der Waals surface area contributed by atoms with Gasteiger partial charge in [-0.05, 0) is 37.1 Å². The molecule has 1 fully saturated rings. The van der Waals surface area contributed by atoms with E-state index in [-0.39, 0.29) is 23.7 Å². The smallest absolute Gasteiger partial charge is 0.228 e. The standard InChI is InChI=1S/C20H22N2O2/c23-19(21-15-9-3-1-4-10-15)17-13-7-8-14-18(17)20(24)22-16-11-5-2-6-12-16/h1-6,9-12,17-18H,7-8,13-14H2,(H,21,23)(H,22,24). The Morgan fingerprint density at radius 2 is 1.04 bits per heavy atom. The number of hydrogen-bond donors (Lipinski definition) is 2. The normalized spacial score (nSPS) is 20.2. The molecule has 4 nitrogen and oxygen atoms in total. The monoisotopic (exact) mass is 322 g/mol. The first-order valence-electron chi connectivity index (χ1n) is 8.46. The summed E-state index contributed by atoms with van der Waals surface area (Å²) in [6.07, 6.45) is 3.49. The van der Waals surface area contributed by atoms with Gasteiger partial charge in [0.05, 0.1) is 0 Å². The fourth-order valence-electron chi connectivity index (χ4n) is 3.27. The number of benzene rings is 2. The Hall–Kier alpha value is -2.62. The molecule has 2 unspecified atom stereocenters. The summed E-state index contributed by atoms with van der Waals surface area (Å²) >= 11 is 0. The Balaban J connectivity index is 1.68. The van der Waals surface area contributed by atoms with E-state index >= 15 is 0 Å². The summed E-state index contributed by atoms with van der Waals surface area (Å²) in [6, 6.07) is 18.8. The molecule has 1 aliphatic rings. The maximum Gasteiger partial charge on any atom is 0.228 e. The van der Waals surface area contributed by atoms with Crippen LogP contribution in [-0.2, 0) is 9.59 Å². The minimum absolute atomic E-state index is 0.0610. The van der Waals surface area contributed by atoms with E-state index < -0.39 is 0 Å². The molecule has 2 aromatic rings. The SMILES string of the molecule is O=C(Nc1ccccc1)C1CCCCC1C(=O)Nc1ccccc1. The number of nitrogens with one attached hydrogen (secondary N) is 2. The lowest BCUT2D eigenvalue weighted by Gasteiger charge is -2.29. The van der Waals surface area contributed by atoms with Crippen LogP contribution >= 0.6 is 0 Å². The second-order valence-corrected chi connectivity index (χ2v) is 6.21. The van der Waals surface area contributed by atoms with Crippen LogP contribution in [0.5, 0.6) is 0 Å². The number of hydrogen-bond acceptors (Lipinski definition) is 2. The van der Waals surface area contributed by atoms with E-state index in [1.54, 1.807) is 0 Å². The summed E-state index contributed by atoms with van der Waals surface area (Å²) in [5, 5.41) is 5.88. The number of rotatable bonds is 4. The molecule has 0 saturated heterocycles. The van der Waals surface area contributed by atoms with E-state index in [1.165, 1.54) is 0 Å². The van der Waals surface area contributed by atoms with Gasteiger partial charge in [0.1, 0.15) is 0 Å². The van der Waals surface area contributed by atoms with Crippen LogP contribution in [0.2, 0.25) is 0 Å². The molecule has 0 bridgehead atoms. The van der Waals surface area contributed by atoms with E-state index in [9.17, 15) is 9.59 Å². The Labute approximate surface area is 142 Å². The highest BCUT2D eigenvalue weighted by molar-refractivity contribution is 5.99. The van der Waals surface area contributed by atoms with Crippen molar-refractivity contribution >= 4 is 23.2 Å². The summed E-state index contributed by atoms with van der Waals surface area (Å²) in [4.78, 5) is 25.3. The second-order valence-electron chi connectivity index (χ2n) is 6.21. The molecule has 0 aliphatic heterocycles. The van der Waals surface area contributed by atoms with Crippen molar-refractivity contribution < 1.29 is 9.59 Å². The van der Waals surface area contributed by atoms with Crippen molar-refractivity contribution in [2.45, 2.75) is 25.7 Å². The molecule has 2 amide bonds. The zero-order valence-electron chi connectivity index (χ0n) is 13.6. The number of amides is 2. The van der Waals surface area contributed by atoms with Gasteiger partial charge in [-0.15, -0.1) is 0 Å². The minimum atomic E-state index is -0.275. The van der Waals surface area contributed by atoms with Crippen molar-refractivity contribution in [1.82, 2.24) is 0 Å². The molecule has 0 spiro atoms. The molecular weight excluding hydrogens is 300 g/mol. The lowest BCUT2D eigenvalue weighted by atomic mass is 9.78. The van der Waals surface area contributed by atoms with Crippen LogP contribution in [0, 0.1) is 11.8 Å². The van der Waals surface area contributed by atoms with Gasteiger partial charge in [0, 0.05) is 23.2 Å². The zero-order valence-corrected chi connectivity index (χ0v) is 13.6. The highest BCUT2D eigenvalue weighted by Gasteiger charge is 2.35. The van der Waals surface area contributed by atoms with Gasteiger partial charge < -0.3 is 10.6 Å². The zero-order chi connectivity index (χ0) is 16.8. The minimum Gasteiger partial charge on any atom is -0.326 e. The summed E-state index contributed by atoms with van der Waals surface area (Å²) in [7, 11) is 0. The van der Waals surface area contributed by atoms with Crippen LogP contribution in [-0.4, -0.2) is 11.8 Å². The van der Waals surface area contributed by atoms with E-state index in [2.05, 4.69) is 10.6 Å². The van der Waals surface area contributed by atoms with E-state index in [4.69, 9.17) is 0 Å². The van der Waals surface area contributed by atoms with Crippen LogP contribution in [0.4, 0.5) is 11.4 Å². The molecule has 0 aromatic heterocycles. The lowest BCUT2D eigenvalue weighted by Crippen LogP contribution is -2.38. The maximum atomic E-state index is 12.6. The molecule has 3 rings (SSSR count). The van der Waals surface area contributed by atoms with Crippen LogP contribution in [0.1, 0.15) is 25.7 Å². The predicted octanol–water partition coefficient (Wildman–Crippen LogP) is 4.07. The molecule has 124 valence electrons. The third kappa shape index (κ3) is 4.02. The fraction of sp³-hybridized carbons (Fsp3) is 0.300. The quantitative estimate of drug-likeness (QED) is 0.891. The van der Waals surface area contributed by atoms with Crippen molar-refractivity contribution in [3.05, 3.63) is 60.7 Å². The third-order valence-electron chi connectivity index (χ3n) is 4.52. The first kappa shape index (κ1) is 16.2. The third-order valence-corrected chi connectivity index (χ3v) is 4.52. The predicted molar refractivity (Wildman–Crippen MR) is 95.6 cm³/mol. The van der Waals surface area contributed by atoms with Gasteiger partial charge in [-0.1, -0.05) is 49.2 Å². The van der Waals surface area contributed by atoms with Crippen LogP contribution in [0.3, 0.4) is 0 Å². The van der Waals surface area contributed by atoms with Gasteiger partial charge in [0.15, 0.2) is 0 Å². The Morgan fingerprint density at radius 3 is 1.42 bits per heavy atom. The first-order chi connectivity index (χ1) is 11.7. The van der Waals surface area contributed by atoms with Crippen LogP contribution in [0.25, 0.3) is 0 Å². The molecule has 0 heterocycles. The number of para-hydroxylation sites is 2. The van der Waals surface area contributed by atoms with Crippen LogP contribution in [0.15, 0.2) is 60.7 Å². The van der Waals surface area contributed by atoms with E-state index in [0.717, 1.165) is 37.1 Å². The Kier molecular flexibility index (Phi) is 5.26. The summed E-state index contributed by atoms with van der Waals surface area (Å²) in [5.74, 6) is -0.673. The van der Waals surface area contributed by atoms with Crippen molar-refractivity contribution in [3.63, 3.8) is 0 Å². The first-order valence-corrected chi connectivity index (χ1v) is 8.46. The molecule has 24 heavy (non-hydrogen) atoms. The number of anilines is 2. The van der Waals surface area contributed by atoms with E-state index in [1.807, 2.05) is 60.7 Å². The molecule has 0 radical (unpaired) electrons. The van der Waals surface area contributed by atoms with Crippen molar-refractivity contribution in [2.24, 2.45) is 11.8 Å². The second kappa shape index (κ2) is 7.77. The molecular formula is C20H22N2O2. The highest BCUT2D eigenvalue weighted by atomic mass is 16.2. The van der Waals surface area contributed by atoms with Crippen molar-refractivity contribution in [1.29, 1.82) is 0 Å². The largest absolute Gasteiger partial charge is 0.326 e. The van der Waals surface area contributed by atoms with Crippen LogP contribution < -0.4 is 10.6 Å². The van der Waals surface area contributed by atoms with Gasteiger partial charge in [0.25, 0.3) is 0 Å². The topological polar surface area (TPSA) is 58.2 Å². The maximum absolute atomic E-state index is 12.6. The van der Waals surface area contributed by atoms with Gasteiger partial charge in [-0.3, -0.25) is 9.59 Å². The van der Waals surface area contributed by atoms with Crippen molar-refractivity contribution in [2.75, 3.05) is 10.6 Å². The number of carbonyl (C=O) groups excluding carboxylic acids is 2. The Morgan fingerprint density at radius 1 is 0.667 bits per heavy atom. The van der Waals surface area contributed by atoms with Gasteiger partial charge in [-0.25, -0.2) is 0 Å². The Bertz CT molecular complexity index is 624. The number of carbonyl (C=O) groups is 2. The highest BCUT2D eigenvalue weighted by Crippen LogP contribution is 2.32. The molecule has 2 aromatic carbocycles. The molecule has 1 saturated carbocycles. The van der Waals surface area contributed by atoms with Gasteiger partial charge in [0.2, 0.25) is 11.8 Å². The van der Waals surface area contributed by atoms with E-state index in [0.29, 0.717) is 0 Å². The van der Waals surface area contributed by atoms with Crippen molar-refractivity contribution in [3.8, 4) is 0 Å². The summed E-state index contributed by atoms with van der Waals surface area (Å²) in [5.41, 5.74) is 1.55. The average molecular weight is 322 g/mol. The fourth-order valence-corrected chi connectivity index (χ4v) is 3.27. The van der Waals surface area contributed by atoms with Gasteiger partial charge >= 0.3 is 0 Å². The van der Waals surface area contributed by atoms with Gasteiger partial charge in [-0.2, -0.15) is 0 Å². The molecule has 2 N–H and O–H groups in total. The summed E-state index contributed by atoms with van der Waals surface area (Å²) < 4.78 is 0. The molecule has 4 heteroatoms.